The number of benzene rings is 1. The first-order valence-corrected chi connectivity index (χ1v) is 6.60. The number of hydrogen-bond donors (Lipinski definition) is 0. The Morgan fingerprint density at radius 2 is 1.83 bits per heavy atom. The van der Waals surface area contributed by atoms with Crippen LogP contribution in [0.3, 0.4) is 0 Å². The maximum absolute atomic E-state index is 6.24. The van der Waals surface area contributed by atoms with Crippen LogP contribution in [0.1, 0.15) is 0 Å². The lowest BCUT2D eigenvalue weighted by Gasteiger charge is -2.33. The first-order chi connectivity index (χ1) is 8.75. The van der Waals surface area contributed by atoms with Gasteiger partial charge >= 0.3 is 0 Å². The van der Waals surface area contributed by atoms with Crippen molar-refractivity contribution in [1.29, 1.82) is 0 Å². The van der Waals surface area contributed by atoms with Crippen LogP contribution in [0.4, 0.5) is 5.82 Å². The van der Waals surface area contributed by atoms with Gasteiger partial charge in [-0.1, -0.05) is 23.7 Å². The van der Waals surface area contributed by atoms with Crippen molar-refractivity contribution in [2.45, 2.75) is 0 Å². The highest BCUT2D eigenvalue weighted by molar-refractivity contribution is 6.35. The topological polar surface area (TPSA) is 19.4 Å². The molecule has 0 saturated carbocycles. The average molecular weight is 262 g/mol. The van der Waals surface area contributed by atoms with Gasteiger partial charge in [-0.15, -0.1) is 0 Å². The van der Waals surface area contributed by atoms with Crippen LogP contribution in [0.5, 0.6) is 0 Å². The Kier molecular flexibility index (Phi) is 3.10. The van der Waals surface area contributed by atoms with Crippen LogP contribution in [0.2, 0.25) is 5.02 Å². The van der Waals surface area contributed by atoms with Crippen LogP contribution in [0, 0.1) is 0 Å². The molecule has 0 bridgehead atoms. The Morgan fingerprint density at radius 3 is 2.61 bits per heavy atom. The van der Waals surface area contributed by atoms with E-state index in [0.717, 1.165) is 47.8 Å². The summed E-state index contributed by atoms with van der Waals surface area (Å²) >= 11 is 6.24. The molecule has 0 spiro atoms. The molecule has 1 fully saturated rings. The lowest BCUT2D eigenvalue weighted by Crippen LogP contribution is -2.44. The second-order valence-electron chi connectivity index (χ2n) is 4.76. The molecule has 3 rings (SSSR count). The van der Waals surface area contributed by atoms with Gasteiger partial charge in [-0.2, -0.15) is 0 Å². The molecule has 1 aliphatic rings. The van der Waals surface area contributed by atoms with Crippen molar-refractivity contribution in [3.63, 3.8) is 0 Å². The van der Waals surface area contributed by atoms with Gasteiger partial charge in [-0.3, -0.25) is 0 Å². The predicted octanol–water partition coefficient (Wildman–Crippen LogP) is 2.64. The molecule has 1 aromatic carbocycles. The molecule has 1 saturated heterocycles. The van der Waals surface area contributed by atoms with Crippen molar-refractivity contribution in [3.05, 3.63) is 35.5 Å². The zero-order valence-electron chi connectivity index (χ0n) is 10.4. The summed E-state index contributed by atoms with van der Waals surface area (Å²) in [6.07, 6.45) is 1.85. The van der Waals surface area contributed by atoms with Gasteiger partial charge in [0, 0.05) is 48.2 Å². The van der Waals surface area contributed by atoms with Crippen LogP contribution < -0.4 is 4.90 Å². The molecule has 2 heterocycles. The van der Waals surface area contributed by atoms with E-state index < -0.39 is 0 Å². The van der Waals surface area contributed by atoms with E-state index in [4.69, 9.17) is 11.6 Å². The number of anilines is 1. The Labute approximate surface area is 112 Å². The van der Waals surface area contributed by atoms with Crippen LogP contribution in [-0.4, -0.2) is 43.1 Å². The molecule has 0 aliphatic carbocycles. The molecule has 18 heavy (non-hydrogen) atoms. The van der Waals surface area contributed by atoms with Gasteiger partial charge in [0.1, 0.15) is 5.82 Å². The van der Waals surface area contributed by atoms with Gasteiger partial charge in [-0.05, 0) is 19.2 Å². The normalized spacial score (nSPS) is 17.3. The van der Waals surface area contributed by atoms with Gasteiger partial charge in [-0.25, -0.2) is 4.98 Å². The van der Waals surface area contributed by atoms with Gasteiger partial charge < -0.3 is 9.80 Å². The van der Waals surface area contributed by atoms with Crippen LogP contribution in [0.25, 0.3) is 10.8 Å². The Balaban J connectivity index is 2.04. The number of halogens is 1. The third-order valence-electron chi connectivity index (χ3n) is 3.53. The molecule has 0 radical (unpaired) electrons. The fourth-order valence-electron chi connectivity index (χ4n) is 2.42. The van der Waals surface area contributed by atoms with Gasteiger partial charge in [0.05, 0.1) is 0 Å². The third kappa shape index (κ3) is 2.04. The van der Waals surface area contributed by atoms with E-state index in [2.05, 4.69) is 27.9 Å². The largest absolute Gasteiger partial charge is 0.354 e. The minimum atomic E-state index is 0.797. The first kappa shape index (κ1) is 11.8. The molecule has 0 atom stereocenters. The van der Waals surface area contributed by atoms with Crippen LogP contribution in [-0.2, 0) is 0 Å². The Hall–Kier alpha value is -1.32. The van der Waals surface area contributed by atoms with Crippen molar-refractivity contribution in [3.8, 4) is 0 Å². The predicted molar refractivity (Wildman–Crippen MR) is 76.5 cm³/mol. The van der Waals surface area contributed by atoms with E-state index in [9.17, 15) is 0 Å². The molecule has 0 amide bonds. The van der Waals surface area contributed by atoms with Crippen molar-refractivity contribution >= 4 is 28.2 Å². The van der Waals surface area contributed by atoms with E-state index in [1.165, 1.54) is 0 Å². The number of fused-ring (bicyclic) bond motifs is 1. The maximum atomic E-state index is 6.24. The van der Waals surface area contributed by atoms with E-state index in [1.54, 1.807) is 0 Å². The van der Waals surface area contributed by atoms with E-state index in [0.29, 0.717) is 0 Å². The minimum absolute atomic E-state index is 0.797. The minimum Gasteiger partial charge on any atom is -0.354 e. The van der Waals surface area contributed by atoms with Crippen molar-refractivity contribution in [2.24, 2.45) is 0 Å². The summed E-state index contributed by atoms with van der Waals surface area (Å²) < 4.78 is 0. The summed E-state index contributed by atoms with van der Waals surface area (Å²) in [7, 11) is 2.16. The van der Waals surface area contributed by atoms with Crippen molar-refractivity contribution < 1.29 is 0 Å². The van der Waals surface area contributed by atoms with Crippen LogP contribution in [0.15, 0.2) is 30.5 Å². The third-order valence-corrected chi connectivity index (χ3v) is 3.86. The Bertz CT molecular complexity index is 562. The number of aromatic nitrogens is 1. The molecule has 3 nitrogen and oxygen atoms in total. The van der Waals surface area contributed by atoms with E-state index in [1.807, 2.05) is 24.4 Å². The SMILES string of the molecule is CN1CCN(c2nccc3c(Cl)cccc23)CC1. The van der Waals surface area contributed by atoms with E-state index in [-0.39, 0.29) is 0 Å². The lowest BCUT2D eigenvalue weighted by atomic mass is 10.1. The van der Waals surface area contributed by atoms with E-state index >= 15 is 0 Å². The summed E-state index contributed by atoms with van der Waals surface area (Å²) in [6, 6.07) is 8.00. The fraction of sp³-hybridized carbons (Fsp3) is 0.357. The van der Waals surface area contributed by atoms with Crippen LogP contribution >= 0.6 is 11.6 Å². The van der Waals surface area contributed by atoms with Gasteiger partial charge in [0.25, 0.3) is 0 Å². The second-order valence-corrected chi connectivity index (χ2v) is 5.17. The van der Waals surface area contributed by atoms with Crippen molar-refractivity contribution in [1.82, 2.24) is 9.88 Å². The zero-order chi connectivity index (χ0) is 12.5. The Morgan fingerprint density at radius 1 is 1.06 bits per heavy atom. The average Bonchev–Trinajstić information content (AvgIpc) is 2.40. The summed E-state index contributed by atoms with van der Waals surface area (Å²) in [4.78, 5) is 9.23. The molecule has 2 aromatic rings. The summed E-state index contributed by atoms with van der Waals surface area (Å²) in [5.74, 6) is 1.06. The van der Waals surface area contributed by atoms with Gasteiger partial charge in [0.15, 0.2) is 0 Å². The number of piperazine rings is 1. The number of rotatable bonds is 1. The molecule has 0 unspecified atom stereocenters. The molecule has 0 N–H and O–H groups in total. The van der Waals surface area contributed by atoms with Crippen molar-refractivity contribution in [2.75, 3.05) is 38.1 Å². The highest BCUT2D eigenvalue weighted by atomic mass is 35.5. The van der Waals surface area contributed by atoms with Gasteiger partial charge in [0.2, 0.25) is 0 Å². The summed E-state index contributed by atoms with van der Waals surface area (Å²) in [5, 5.41) is 3.03. The monoisotopic (exact) mass is 261 g/mol. The highest BCUT2D eigenvalue weighted by Crippen LogP contribution is 2.29. The highest BCUT2D eigenvalue weighted by Gasteiger charge is 2.17. The summed E-state index contributed by atoms with van der Waals surface area (Å²) in [5.41, 5.74) is 0. The molecule has 1 aliphatic heterocycles. The molecule has 94 valence electrons. The quantitative estimate of drug-likeness (QED) is 0.787. The molecule has 4 heteroatoms. The molecular formula is C14H16ClN3. The second kappa shape index (κ2) is 4.75. The zero-order valence-corrected chi connectivity index (χ0v) is 11.2. The molecular weight excluding hydrogens is 246 g/mol. The number of nitrogens with zero attached hydrogens (tertiary/aromatic N) is 3. The standard InChI is InChI=1S/C14H16ClN3/c1-17-7-9-18(10-8-17)14-12-3-2-4-13(15)11(12)5-6-16-14/h2-6H,7-10H2,1H3. The molecule has 1 aromatic heterocycles. The number of pyridine rings is 1. The number of likely N-dealkylation sites (N-methyl/N-ethyl adjacent to an activating group) is 1. The fourth-order valence-corrected chi connectivity index (χ4v) is 2.66. The lowest BCUT2D eigenvalue weighted by molar-refractivity contribution is 0.312. The first-order valence-electron chi connectivity index (χ1n) is 6.22. The smallest absolute Gasteiger partial charge is 0.136 e. The summed E-state index contributed by atoms with van der Waals surface area (Å²) in [6.45, 7) is 4.21. The maximum Gasteiger partial charge on any atom is 0.136 e. The number of hydrogen-bond acceptors (Lipinski definition) is 3.